The molecule has 3 aromatic rings. The van der Waals surface area contributed by atoms with E-state index in [2.05, 4.69) is 15.5 Å². The topological polar surface area (TPSA) is 83.8 Å². The molecule has 2 amide bonds. The lowest BCUT2D eigenvalue weighted by molar-refractivity contribution is 0.0993. The molecule has 0 aliphatic carbocycles. The summed E-state index contributed by atoms with van der Waals surface area (Å²) in [5, 5.41) is 6.27. The highest BCUT2D eigenvalue weighted by atomic mass is 35.5. The van der Waals surface area contributed by atoms with Crippen LogP contribution in [0.25, 0.3) is 0 Å². The maximum absolute atomic E-state index is 13.0. The predicted molar refractivity (Wildman–Crippen MR) is 120 cm³/mol. The van der Waals surface area contributed by atoms with E-state index in [-0.39, 0.29) is 17.6 Å². The maximum atomic E-state index is 13.0. The quantitative estimate of drug-likeness (QED) is 0.607. The molecule has 0 atom stereocenters. The van der Waals surface area contributed by atoms with Gasteiger partial charge in [-0.15, -0.1) is 0 Å². The molecule has 0 spiro atoms. The van der Waals surface area contributed by atoms with Gasteiger partial charge in [0.1, 0.15) is 0 Å². The van der Waals surface area contributed by atoms with Crippen molar-refractivity contribution in [3.05, 3.63) is 76.7 Å². The van der Waals surface area contributed by atoms with E-state index >= 15 is 0 Å². The third-order valence-corrected chi connectivity index (χ3v) is 5.29. The summed E-state index contributed by atoms with van der Waals surface area (Å²) in [7, 11) is 0. The van der Waals surface area contributed by atoms with Gasteiger partial charge in [-0.3, -0.25) is 9.59 Å². The summed E-state index contributed by atoms with van der Waals surface area (Å²) in [6, 6.07) is 13.8. The van der Waals surface area contributed by atoms with E-state index in [1.165, 1.54) is 6.26 Å². The van der Waals surface area contributed by atoms with Crippen molar-refractivity contribution in [3.8, 4) is 0 Å². The van der Waals surface area contributed by atoms with Gasteiger partial charge in [0.15, 0.2) is 5.76 Å². The van der Waals surface area contributed by atoms with E-state index in [0.717, 1.165) is 24.3 Å². The van der Waals surface area contributed by atoms with Crippen molar-refractivity contribution < 1.29 is 18.7 Å². The lowest BCUT2D eigenvalue weighted by atomic mass is 10.1. The number of anilines is 3. The molecule has 0 radical (unpaired) electrons. The van der Waals surface area contributed by atoms with Crippen molar-refractivity contribution in [3.63, 3.8) is 0 Å². The number of carbonyl (C=O) groups excluding carboxylic acids is 2. The zero-order valence-corrected chi connectivity index (χ0v) is 17.7. The van der Waals surface area contributed by atoms with Crippen molar-refractivity contribution in [1.29, 1.82) is 0 Å². The smallest absolute Gasteiger partial charge is 0.291 e. The molecule has 1 aliphatic heterocycles. The Bertz CT molecular complexity index is 1090. The first-order valence-electron chi connectivity index (χ1n) is 9.90. The minimum atomic E-state index is -0.380. The van der Waals surface area contributed by atoms with Crippen molar-refractivity contribution in [2.24, 2.45) is 0 Å². The molecule has 1 fully saturated rings. The lowest BCUT2D eigenvalue weighted by Crippen LogP contribution is -2.36. The third-order valence-electron chi connectivity index (χ3n) is 5.05. The zero-order valence-electron chi connectivity index (χ0n) is 17.0. The second-order valence-corrected chi connectivity index (χ2v) is 7.61. The minimum Gasteiger partial charge on any atom is -0.459 e. The molecule has 0 saturated carbocycles. The molecule has 2 aromatic carbocycles. The van der Waals surface area contributed by atoms with Crippen LogP contribution in [0.5, 0.6) is 0 Å². The summed E-state index contributed by atoms with van der Waals surface area (Å²) >= 11 is 6.19. The van der Waals surface area contributed by atoms with Crippen LogP contribution in [-0.2, 0) is 4.74 Å². The maximum Gasteiger partial charge on any atom is 0.291 e. The van der Waals surface area contributed by atoms with E-state index in [1.54, 1.807) is 42.5 Å². The molecule has 1 aliphatic rings. The lowest BCUT2D eigenvalue weighted by Gasteiger charge is -2.30. The molecule has 1 aromatic heterocycles. The van der Waals surface area contributed by atoms with Crippen LogP contribution < -0.4 is 15.5 Å². The first-order valence-corrected chi connectivity index (χ1v) is 10.3. The summed E-state index contributed by atoms with van der Waals surface area (Å²) in [5.74, 6) is -0.483. The Kier molecular flexibility index (Phi) is 6.25. The number of hydrogen-bond acceptors (Lipinski definition) is 5. The number of halogens is 1. The van der Waals surface area contributed by atoms with Gasteiger partial charge in [0.2, 0.25) is 0 Å². The first kappa shape index (κ1) is 21.0. The number of furan rings is 1. The van der Waals surface area contributed by atoms with Gasteiger partial charge in [0, 0.05) is 29.4 Å². The number of hydrogen-bond donors (Lipinski definition) is 2. The average Bonchev–Trinajstić information content (AvgIpc) is 3.31. The number of carbonyl (C=O) groups is 2. The van der Waals surface area contributed by atoms with Crippen molar-refractivity contribution in [1.82, 2.24) is 0 Å². The van der Waals surface area contributed by atoms with Crippen LogP contribution in [0.15, 0.2) is 59.2 Å². The number of nitrogens with zero attached hydrogens (tertiary/aromatic N) is 1. The molecule has 0 unspecified atom stereocenters. The normalized spacial score (nSPS) is 13.7. The Labute approximate surface area is 184 Å². The number of ether oxygens (including phenoxy) is 1. The first-order chi connectivity index (χ1) is 15.0. The number of rotatable bonds is 5. The van der Waals surface area contributed by atoms with Crippen molar-refractivity contribution in [2.75, 3.05) is 41.8 Å². The number of nitrogens with one attached hydrogen (secondary N) is 2. The Morgan fingerprint density at radius 3 is 2.48 bits per heavy atom. The van der Waals surface area contributed by atoms with E-state index in [0.29, 0.717) is 35.2 Å². The molecule has 31 heavy (non-hydrogen) atoms. The van der Waals surface area contributed by atoms with E-state index in [4.69, 9.17) is 20.8 Å². The minimum absolute atomic E-state index is 0.198. The Morgan fingerprint density at radius 1 is 0.968 bits per heavy atom. The summed E-state index contributed by atoms with van der Waals surface area (Å²) in [5.41, 5.74) is 3.29. The van der Waals surface area contributed by atoms with E-state index in [1.807, 2.05) is 13.0 Å². The second-order valence-electron chi connectivity index (χ2n) is 7.18. The molecule has 1 saturated heterocycles. The highest BCUT2D eigenvalue weighted by Crippen LogP contribution is 2.30. The van der Waals surface area contributed by atoms with E-state index in [9.17, 15) is 9.59 Å². The number of benzene rings is 2. The molecule has 160 valence electrons. The van der Waals surface area contributed by atoms with Crippen LogP contribution in [0.1, 0.15) is 26.5 Å². The van der Waals surface area contributed by atoms with Gasteiger partial charge in [-0.05, 0) is 55.0 Å². The molecule has 0 bridgehead atoms. The standard InChI is InChI=1S/C23H22ClN3O4/c1-15-4-5-16(13-18(15)25-23(29)21-3-2-10-31-21)22(28)26-19-14-17(24)6-7-20(19)27-8-11-30-12-9-27/h2-7,10,13-14H,8-9,11-12H2,1H3,(H,25,29)(H,26,28). The summed E-state index contributed by atoms with van der Waals surface area (Å²) < 4.78 is 10.6. The molecule has 8 heteroatoms. The predicted octanol–water partition coefficient (Wildman–Crippen LogP) is 4.58. The Hall–Kier alpha value is -3.29. The van der Waals surface area contributed by atoms with Crippen LogP contribution in [0.2, 0.25) is 5.02 Å². The summed E-state index contributed by atoms with van der Waals surface area (Å²) in [6.45, 7) is 4.59. The molecule has 4 rings (SSSR count). The molecular formula is C23H22ClN3O4. The highest BCUT2D eigenvalue weighted by molar-refractivity contribution is 6.31. The third kappa shape index (κ3) is 4.90. The van der Waals surface area contributed by atoms with Gasteiger partial charge in [-0.25, -0.2) is 0 Å². The summed E-state index contributed by atoms with van der Waals surface area (Å²) in [4.78, 5) is 27.5. The van der Waals surface area contributed by atoms with Crippen LogP contribution >= 0.6 is 11.6 Å². The molecule has 2 N–H and O–H groups in total. The summed E-state index contributed by atoms with van der Waals surface area (Å²) in [6.07, 6.45) is 1.43. The average molecular weight is 440 g/mol. The van der Waals surface area contributed by atoms with Gasteiger partial charge in [-0.1, -0.05) is 17.7 Å². The monoisotopic (exact) mass is 439 g/mol. The van der Waals surface area contributed by atoms with Gasteiger partial charge in [0.05, 0.1) is 30.9 Å². The van der Waals surface area contributed by atoms with Gasteiger partial charge < -0.3 is 24.7 Å². The fraction of sp³-hybridized carbons (Fsp3) is 0.217. The Balaban J connectivity index is 1.55. The number of aryl methyl sites for hydroxylation is 1. The number of amides is 2. The molecule has 7 nitrogen and oxygen atoms in total. The van der Waals surface area contributed by atoms with Crippen molar-refractivity contribution in [2.45, 2.75) is 6.92 Å². The molecular weight excluding hydrogens is 418 g/mol. The van der Waals surface area contributed by atoms with Gasteiger partial charge >= 0.3 is 0 Å². The van der Waals surface area contributed by atoms with Crippen LogP contribution in [-0.4, -0.2) is 38.1 Å². The Morgan fingerprint density at radius 2 is 1.74 bits per heavy atom. The van der Waals surface area contributed by atoms with Crippen LogP contribution in [0, 0.1) is 6.92 Å². The van der Waals surface area contributed by atoms with Crippen molar-refractivity contribution >= 4 is 40.5 Å². The fourth-order valence-corrected chi connectivity index (χ4v) is 3.54. The SMILES string of the molecule is Cc1ccc(C(=O)Nc2cc(Cl)ccc2N2CCOCC2)cc1NC(=O)c1ccco1. The second kappa shape index (κ2) is 9.24. The highest BCUT2D eigenvalue weighted by Gasteiger charge is 2.18. The molecule has 2 heterocycles. The van der Waals surface area contributed by atoms with Crippen LogP contribution in [0.3, 0.4) is 0 Å². The number of morpholine rings is 1. The van der Waals surface area contributed by atoms with Gasteiger partial charge in [0.25, 0.3) is 11.8 Å². The van der Waals surface area contributed by atoms with Gasteiger partial charge in [-0.2, -0.15) is 0 Å². The zero-order chi connectivity index (χ0) is 21.8. The fourth-order valence-electron chi connectivity index (χ4n) is 3.37. The largest absolute Gasteiger partial charge is 0.459 e. The van der Waals surface area contributed by atoms with E-state index < -0.39 is 0 Å². The van der Waals surface area contributed by atoms with Crippen LogP contribution in [0.4, 0.5) is 17.1 Å².